The van der Waals surface area contributed by atoms with Gasteiger partial charge in [0.1, 0.15) is 0 Å². The molecule has 0 aliphatic carbocycles. The Morgan fingerprint density at radius 3 is 1.27 bits per heavy atom. The van der Waals surface area contributed by atoms with E-state index < -0.39 is 0 Å². The summed E-state index contributed by atoms with van der Waals surface area (Å²) >= 11 is 0. The van der Waals surface area contributed by atoms with Gasteiger partial charge in [-0.1, -0.05) is 176 Å². The van der Waals surface area contributed by atoms with Crippen molar-refractivity contribution in [3.8, 4) is 33.6 Å². The predicted octanol–water partition coefficient (Wildman–Crippen LogP) is 16.4. The topological polar surface area (TPSA) is 9.86 Å². The fourth-order valence-corrected chi connectivity index (χ4v) is 10.9. The third-order valence-electron chi connectivity index (χ3n) is 13.6. The molecule has 12 aromatic carbocycles. The third kappa shape index (κ3) is 4.64. The van der Waals surface area contributed by atoms with E-state index in [1.807, 2.05) is 0 Å². The van der Waals surface area contributed by atoms with E-state index in [9.17, 15) is 0 Å². The lowest BCUT2D eigenvalue weighted by molar-refractivity contribution is 1.19. The quantitative estimate of drug-likeness (QED) is 0.157. The smallest absolute Gasteiger partial charge is 0.0619 e. The Morgan fingerprint density at radius 1 is 0.242 bits per heavy atom. The lowest BCUT2D eigenvalue weighted by Crippen LogP contribution is -1.94. The molecule has 0 amide bonds. The summed E-state index contributed by atoms with van der Waals surface area (Å²) in [5, 5.41) is 17.8. The molecule has 62 heavy (non-hydrogen) atoms. The number of fused-ring (bicyclic) bond motifs is 10. The number of benzene rings is 12. The average Bonchev–Trinajstić information content (AvgIpc) is 3.86. The van der Waals surface area contributed by atoms with E-state index in [2.05, 4.69) is 228 Å². The molecule has 0 atom stereocenters. The first-order valence-electron chi connectivity index (χ1n) is 21.5. The van der Waals surface area contributed by atoms with E-state index in [-0.39, 0.29) is 0 Å². The van der Waals surface area contributed by atoms with Crippen LogP contribution < -0.4 is 0 Å². The van der Waals surface area contributed by atoms with Crippen LogP contribution in [0.2, 0.25) is 0 Å². The van der Waals surface area contributed by atoms with Gasteiger partial charge in [0.2, 0.25) is 0 Å². The van der Waals surface area contributed by atoms with Crippen LogP contribution in [0.5, 0.6) is 0 Å². The van der Waals surface area contributed by atoms with Gasteiger partial charge < -0.3 is 9.13 Å². The number of rotatable bonds is 4. The second-order valence-electron chi connectivity index (χ2n) is 16.8. The van der Waals surface area contributed by atoms with E-state index in [0.717, 1.165) is 0 Å². The second-order valence-corrected chi connectivity index (χ2v) is 16.8. The van der Waals surface area contributed by atoms with Crippen LogP contribution in [-0.2, 0) is 0 Å². The Labute approximate surface area is 357 Å². The molecule has 2 heteroatoms. The zero-order chi connectivity index (χ0) is 40.5. The lowest BCUT2D eigenvalue weighted by Gasteiger charge is -2.17. The molecule has 0 radical (unpaired) electrons. The molecule has 0 bridgehead atoms. The number of hydrogen-bond acceptors (Lipinski definition) is 0. The Hall–Kier alpha value is -8.20. The first-order chi connectivity index (χ1) is 30.8. The van der Waals surface area contributed by atoms with E-state index in [1.165, 1.54) is 131 Å². The van der Waals surface area contributed by atoms with Crippen LogP contribution in [0.4, 0.5) is 0 Å². The molecule has 14 aromatic rings. The maximum atomic E-state index is 2.47. The van der Waals surface area contributed by atoms with E-state index in [0.29, 0.717) is 0 Å². The monoisotopic (exact) mass is 784 g/mol. The van der Waals surface area contributed by atoms with Gasteiger partial charge in [-0.05, 0) is 108 Å². The van der Waals surface area contributed by atoms with Crippen LogP contribution >= 0.6 is 0 Å². The van der Waals surface area contributed by atoms with E-state index in [1.54, 1.807) is 0 Å². The van der Waals surface area contributed by atoms with Crippen molar-refractivity contribution < 1.29 is 0 Å². The van der Waals surface area contributed by atoms with E-state index in [4.69, 9.17) is 0 Å². The van der Waals surface area contributed by atoms with Gasteiger partial charge in [0.25, 0.3) is 0 Å². The summed E-state index contributed by atoms with van der Waals surface area (Å²) in [5.41, 5.74) is 12.2. The Morgan fingerprint density at radius 2 is 0.677 bits per heavy atom. The first-order valence-corrected chi connectivity index (χ1v) is 21.5. The van der Waals surface area contributed by atoms with Gasteiger partial charge in [0.15, 0.2) is 0 Å². The van der Waals surface area contributed by atoms with Gasteiger partial charge in [-0.2, -0.15) is 0 Å². The molecule has 0 N–H and O–H groups in total. The molecule has 2 nitrogen and oxygen atoms in total. The molecule has 0 aliphatic heterocycles. The van der Waals surface area contributed by atoms with Gasteiger partial charge in [0, 0.05) is 43.7 Å². The van der Waals surface area contributed by atoms with Crippen molar-refractivity contribution >= 4 is 97.5 Å². The average molecular weight is 785 g/mol. The van der Waals surface area contributed by atoms with Crippen LogP contribution in [0, 0.1) is 0 Å². The minimum Gasteiger partial charge on any atom is -0.309 e. The highest BCUT2D eigenvalue weighted by molar-refractivity contribution is 6.28. The van der Waals surface area contributed by atoms with Gasteiger partial charge in [-0.25, -0.2) is 0 Å². The maximum Gasteiger partial charge on any atom is 0.0619 e. The summed E-state index contributed by atoms with van der Waals surface area (Å²) in [6.45, 7) is 0. The summed E-state index contributed by atoms with van der Waals surface area (Å²) in [5.74, 6) is 0. The third-order valence-corrected chi connectivity index (χ3v) is 13.6. The standard InChI is InChI=1S/C60H36N2/c1-3-13-43(14-4-1)61-55-34-26-41(35-54(55)53-33-20-38-12-8-10-18-48(38)60(53)61)45-27-21-39-24-31-51-46(28-22-40-23-30-50(45)57(39)58(40)51)42-25-29-49-52-32-19-37-11-7-9-17-47(37)59(52)62(56(49)36-42)44-15-5-2-6-16-44/h1-36H. The minimum absolute atomic E-state index is 1.17. The molecule has 0 fully saturated rings. The molecule has 14 rings (SSSR count). The number of hydrogen-bond donors (Lipinski definition) is 0. The molecule has 0 spiro atoms. The fourth-order valence-electron chi connectivity index (χ4n) is 10.9. The maximum absolute atomic E-state index is 2.47. The van der Waals surface area contributed by atoms with Crippen LogP contribution in [0.25, 0.3) is 131 Å². The summed E-state index contributed by atoms with van der Waals surface area (Å²) in [7, 11) is 0. The van der Waals surface area contributed by atoms with Crippen molar-refractivity contribution in [3.05, 3.63) is 218 Å². The Bertz CT molecular complexity index is 4130. The van der Waals surface area contributed by atoms with Crippen molar-refractivity contribution in [2.75, 3.05) is 0 Å². The molecule has 2 heterocycles. The SMILES string of the molecule is c1ccc(-n2c3ccc(-c4ccc5ccc6c(-c7ccc8c9ccc%10ccccc%10c9n(-c9ccccc9)c8c7)ccc7ccc4c5c76)cc3c3ccc4ccccc4c32)cc1. The van der Waals surface area contributed by atoms with E-state index >= 15 is 0 Å². The van der Waals surface area contributed by atoms with Crippen molar-refractivity contribution in [1.82, 2.24) is 9.13 Å². The molecular weight excluding hydrogens is 749 g/mol. The van der Waals surface area contributed by atoms with Crippen molar-refractivity contribution in [1.29, 1.82) is 0 Å². The number of nitrogens with zero attached hydrogens (tertiary/aromatic N) is 2. The minimum atomic E-state index is 1.17. The molecular formula is C60H36N2. The normalized spacial score (nSPS) is 12.2. The highest BCUT2D eigenvalue weighted by Gasteiger charge is 2.20. The van der Waals surface area contributed by atoms with Crippen molar-refractivity contribution in [2.45, 2.75) is 0 Å². The molecule has 0 saturated carbocycles. The van der Waals surface area contributed by atoms with Gasteiger partial charge >= 0.3 is 0 Å². The van der Waals surface area contributed by atoms with Gasteiger partial charge in [-0.3, -0.25) is 0 Å². The largest absolute Gasteiger partial charge is 0.309 e. The zero-order valence-corrected chi connectivity index (χ0v) is 33.7. The molecule has 0 saturated heterocycles. The highest BCUT2D eigenvalue weighted by atomic mass is 15.0. The highest BCUT2D eigenvalue weighted by Crippen LogP contribution is 2.45. The summed E-state index contributed by atoms with van der Waals surface area (Å²) in [6.07, 6.45) is 0. The lowest BCUT2D eigenvalue weighted by atomic mass is 9.87. The number of aromatic nitrogens is 2. The molecule has 2 aromatic heterocycles. The predicted molar refractivity (Wildman–Crippen MR) is 265 cm³/mol. The number of para-hydroxylation sites is 2. The summed E-state index contributed by atoms with van der Waals surface area (Å²) in [6, 6.07) is 81.1. The van der Waals surface area contributed by atoms with Crippen LogP contribution in [0.3, 0.4) is 0 Å². The summed E-state index contributed by atoms with van der Waals surface area (Å²) < 4.78 is 4.91. The Balaban J connectivity index is 0.988. The second kappa shape index (κ2) is 12.7. The van der Waals surface area contributed by atoms with Gasteiger partial charge in [-0.15, -0.1) is 0 Å². The fraction of sp³-hybridized carbons (Fsp3) is 0. The molecule has 0 aliphatic rings. The van der Waals surface area contributed by atoms with Crippen LogP contribution in [0.15, 0.2) is 218 Å². The Kier molecular flexibility index (Phi) is 6.86. The molecule has 0 unspecified atom stereocenters. The van der Waals surface area contributed by atoms with Gasteiger partial charge in [0.05, 0.1) is 22.1 Å². The van der Waals surface area contributed by atoms with Crippen molar-refractivity contribution in [2.24, 2.45) is 0 Å². The van der Waals surface area contributed by atoms with Crippen molar-refractivity contribution in [3.63, 3.8) is 0 Å². The molecule has 286 valence electrons. The van der Waals surface area contributed by atoms with Crippen LogP contribution in [-0.4, -0.2) is 9.13 Å². The van der Waals surface area contributed by atoms with Crippen LogP contribution in [0.1, 0.15) is 0 Å². The summed E-state index contributed by atoms with van der Waals surface area (Å²) in [4.78, 5) is 0. The first kappa shape index (κ1) is 33.6. The zero-order valence-electron chi connectivity index (χ0n) is 33.7.